The van der Waals surface area contributed by atoms with Crippen molar-refractivity contribution in [3.05, 3.63) is 29.3 Å². The summed E-state index contributed by atoms with van der Waals surface area (Å²) < 4.78 is 31.4. The second-order valence-electron chi connectivity index (χ2n) is 4.47. The van der Waals surface area contributed by atoms with Crippen LogP contribution in [0.25, 0.3) is 0 Å². The van der Waals surface area contributed by atoms with Crippen LogP contribution in [0.15, 0.2) is 12.1 Å². The number of hydrogen-bond donors (Lipinski definition) is 1. The summed E-state index contributed by atoms with van der Waals surface area (Å²) in [6.07, 6.45) is 0. The zero-order valence-corrected chi connectivity index (χ0v) is 11.4. The third-order valence-corrected chi connectivity index (χ3v) is 2.79. The average molecular weight is 286 g/mol. The number of amides is 1. The van der Waals surface area contributed by atoms with Gasteiger partial charge in [0.25, 0.3) is 5.91 Å². The maximum Gasteiger partial charge on any atom is 0.310 e. The van der Waals surface area contributed by atoms with Crippen LogP contribution < -0.4 is 5.73 Å². The molecule has 2 N–H and O–H groups in total. The first kappa shape index (κ1) is 15.9. The molecule has 0 spiro atoms. The Hall–Kier alpha value is -2.18. The van der Waals surface area contributed by atoms with Gasteiger partial charge in [0.05, 0.1) is 24.3 Å². The lowest BCUT2D eigenvalue weighted by Gasteiger charge is -2.20. The van der Waals surface area contributed by atoms with Gasteiger partial charge in [0.2, 0.25) is 0 Å². The predicted molar refractivity (Wildman–Crippen MR) is 68.9 cm³/mol. The van der Waals surface area contributed by atoms with E-state index in [0.717, 1.165) is 17.0 Å². The number of carbonyl (C=O) groups is 2. The highest BCUT2D eigenvalue weighted by Gasteiger charge is 2.23. The van der Waals surface area contributed by atoms with E-state index >= 15 is 0 Å². The van der Waals surface area contributed by atoms with Gasteiger partial charge in [0.15, 0.2) is 5.82 Å². The molecule has 0 aliphatic carbocycles. The summed E-state index contributed by atoms with van der Waals surface area (Å²) >= 11 is 0. The van der Waals surface area contributed by atoms with Gasteiger partial charge >= 0.3 is 5.97 Å². The molecule has 1 aromatic rings. The molecule has 20 heavy (non-hydrogen) atoms. The molecule has 1 aromatic carbocycles. The molecule has 0 saturated carbocycles. The number of halogens is 2. The summed E-state index contributed by atoms with van der Waals surface area (Å²) in [4.78, 5) is 24.4. The molecule has 110 valence electrons. The van der Waals surface area contributed by atoms with Gasteiger partial charge in [-0.25, -0.2) is 8.78 Å². The minimum Gasteiger partial charge on any atom is -0.469 e. The fourth-order valence-electron chi connectivity index (χ4n) is 1.74. The van der Waals surface area contributed by atoms with Gasteiger partial charge in [0, 0.05) is 13.6 Å². The van der Waals surface area contributed by atoms with Crippen LogP contribution in [0.1, 0.15) is 17.3 Å². The minimum absolute atomic E-state index is 0.0152. The van der Waals surface area contributed by atoms with E-state index in [4.69, 9.17) is 5.73 Å². The molecule has 0 aliphatic heterocycles. The molecular formula is C13H16F2N2O3. The first-order chi connectivity index (χ1) is 9.27. The fraction of sp³-hybridized carbons (Fsp3) is 0.385. The van der Waals surface area contributed by atoms with Crippen molar-refractivity contribution in [1.82, 2.24) is 4.90 Å². The van der Waals surface area contributed by atoms with Crippen molar-refractivity contribution in [3.8, 4) is 0 Å². The Morgan fingerprint density at radius 3 is 2.55 bits per heavy atom. The molecule has 1 atom stereocenters. The third kappa shape index (κ3) is 3.43. The van der Waals surface area contributed by atoms with Gasteiger partial charge in [-0.1, -0.05) is 6.92 Å². The molecule has 0 heterocycles. The van der Waals surface area contributed by atoms with Crippen LogP contribution >= 0.6 is 0 Å². The zero-order valence-electron chi connectivity index (χ0n) is 11.4. The van der Waals surface area contributed by atoms with E-state index in [0.29, 0.717) is 0 Å². The van der Waals surface area contributed by atoms with Crippen molar-refractivity contribution < 1.29 is 23.1 Å². The van der Waals surface area contributed by atoms with Gasteiger partial charge in [0.1, 0.15) is 5.82 Å². The van der Waals surface area contributed by atoms with Crippen molar-refractivity contribution >= 4 is 17.6 Å². The molecular weight excluding hydrogens is 270 g/mol. The second-order valence-corrected chi connectivity index (χ2v) is 4.47. The zero-order chi connectivity index (χ0) is 15.4. The standard InChI is InChI=1S/C13H16F2N2O3/c1-7(13(19)20-3)6-17(2)12(18)9-4-8(14)5-10(16)11(9)15/h4-5,7H,6,16H2,1-3H3. The van der Waals surface area contributed by atoms with Gasteiger partial charge < -0.3 is 15.4 Å². The summed E-state index contributed by atoms with van der Waals surface area (Å²) in [5.41, 5.74) is 4.36. The number of methoxy groups -OCH3 is 1. The summed E-state index contributed by atoms with van der Waals surface area (Å²) in [6, 6.07) is 1.57. The quantitative estimate of drug-likeness (QED) is 0.671. The van der Waals surface area contributed by atoms with E-state index in [1.54, 1.807) is 6.92 Å². The topological polar surface area (TPSA) is 72.6 Å². The Labute approximate surface area is 115 Å². The molecule has 1 rings (SSSR count). The molecule has 0 saturated heterocycles. The smallest absolute Gasteiger partial charge is 0.310 e. The summed E-state index contributed by atoms with van der Waals surface area (Å²) in [7, 11) is 2.61. The van der Waals surface area contributed by atoms with Crippen LogP contribution in [0.4, 0.5) is 14.5 Å². The molecule has 1 unspecified atom stereocenters. The van der Waals surface area contributed by atoms with E-state index < -0.39 is 40.7 Å². The molecule has 0 fully saturated rings. The van der Waals surface area contributed by atoms with Gasteiger partial charge in [-0.15, -0.1) is 0 Å². The Balaban J connectivity index is 2.93. The summed E-state index contributed by atoms with van der Waals surface area (Å²) in [6.45, 7) is 1.58. The highest BCUT2D eigenvalue weighted by molar-refractivity contribution is 5.95. The second kappa shape index (κ2) is 6.31. The maximum atomic E-state index is 13.7. The maximum absolute atomic E-state index is 13.7. The molecule has 0 aliphatic rings. The largest absolute Gasteiger partial charge is 0.469 e. The van der Waals surface area contributed by atoms with Crippen LogP contribution in [-0.2, 0) is 9.53 Å². The van der Waals surface area contributed by atoms with Crippen molar-refractivity contribution in [2.75, 3.05) is 26.4 Å². The van der Waals surface area contributed by atoms with E-state index in [1.807, 2.05) is 0 Å². The number of nitrogens with zero attached hydrogens (tertiary/aromatic N) is 1. The van der Waals surface area contributed by atoms with Gasteiger partial charge in [-0.3, -0.25) is 9.59 Å². The van der Waals surface area contributed by atoms with Gasteiger partial charge in [-0.05, 0) is 12.1 Å². The van der Waals surface area contributed by atoms with Gasteiger partial charge in [-0.2, -0.15) is 0 Å². The fourth-order valence-corrected chi connectivity index (χ4v) is 1.74. The average Bonchev–Trinajstić information content (AvgIpc) is 2.40. The molecule has 7 heteroatoms. The Bertz CT molecular complexity index is 535. The highest BCUT2D eigenvalue weighted by atomic mass is 19.1. The van der Waals surface area contributed by atoms with Crippen molar-refractivity contribution in [1.29, 1.82) is 0 Å². The van der Waals surface area contributed by atoms with Crippen LogP contribution in [-0.4, -0.2) is 37.5 Å². The van der Waals surface area contributed by atoms with Crippen LogP contribution in [0.3, 0.4) is 0 Å². The number of anilines is 1. The van der Waals surface area contributed by atoms with Crippen LogP contribution in [0.2, 0.25) is 0 Å². The van der Waals surface area contributed by atoms with E-state index in [-0.39, 0.29) is 6.54 Å². The minimum atomic E-state index is -0.978. The van der Waals surface area contributed by atoms with E-state index in [2.05, 4.69) is 4.74 Å². The number of carbonyl (C=O) groups excluding carboxylic acids is 2. The number of nitrogens with two attached hydrogens (primary N) is 1. The lowest BCUT2D eigenvalue weighted by atomic mass is 10.1. The van der Waals surface area contributed by atoms with Crippen LogP contribution in [0, 0.1) is 17.6 Å². The third-order valence-electron chi connectivity index (χ3n) is 2.79. The molecule has 1 amide bonds. The Morgan fingerprint density at radius 2 is 2.00 bits per heavy atom. The Morgan fingerprint density at radius 1 is 1.40 bits per heavy atom. The SMILES string of the molecule is COC(=O)C(C)CN(C)C(=O)c1cc(F)cc(N)c1F. The first-order valence-corrected chi connectivity index (χ1v) is 5.85. The molecule has 0 bridgehead atoms. The van der Waals surface area contributed by atoms with E-state index in [9.17, 15) is 18.4 Å². The molecule has 0 aromatic heterocycles. The lowest BCUT2D eigenvalue weighted by Crippen LogP contribution is -2.34. The predicted octanol–water partition coefficient (Wildman–Crippen LogP) is 1.43. The van der Waals surface area contributed by atoms with Crippen molar-refractivity contribution in [2.45, 2.75) is 6.92 Å². The number of esters is 1. The van der Waals surface area contributed by atoms with Crippen molar-refractivity contribution in [2.24, 2.45) is 5.92 Å². The number of nitrogen functional groups attached to an aromatic ring is 1. The summed E-state index contributed by atoms with van der Waals surface area (Å²) in [5, 5.41) is 0. The number of rotatable bonds is 4. The molecule has 0 radical (unpaired) electrons. The van der Waals surface area contributed by atoms with E-state index in [1.165, 1.54) is 14.2 Å². The normalized spacial score (nSPS) is 11.8. The first-order valence-electron chi connectivity index (χ1n) is 5.85. The van der Waals surface area contributed by atoms with Crippen molar-refractivity contribution in [3.63, 3.8) is 0 Å². The monoisotopic (exact) mass is 286 g/mol. The number of hydrogen-bond acceptors (Lipinski definition) is 4. The molecule has 5 nitrogen and oxygen atoms in total. The summed E-state index contributed by atoms with van der Waals surface area (Å²) in [5.74, 6) is -3.62. The van der Waals surface area contributed by atoms with Crippen LogP contribution in [0.5, 0.6) is 0 Å². The number of benzene rings is 1. The Kier molecular flexibility index (Phi) is 5.01. The number of ether oxygens (including phenoxy) is 1. The highest BCUT2D eigenvalue weighted by Crippen LogP contribution is 2.19. The lowest BCUT2D eigenvalue weighted by molar-refractivity contribution is -0.145.